The van der Waals surface area contributed by atoms with Crippen molar-refractivity contribution in [1.29, 1.82) is 0 Å². The highest BCUT2D eigenvalue weighted by Crippen LogP contribution is 2.18. The predicted octanol–water partition coefficient (Wildman–Crippen LogP) is 3.26. The second kappa shape index (κ2) is 8.89. The van der Waals surface area contributed by atoms with E-state index in [9.17, 15) is 9.59 Å². The Kier molecular flexibility index (Phi) is 6.86. The fourth-order valence-corrected chi connectivity index (χ4v) is 3.14. The van der Waals surface area contributed by atoms with Gasteiger partial charge in [-0.25, -0.2) is 0 Å². The van der Waals surface area contributed by atoms with Gasteiger partial charge in [-0.05, 0) is 30.2 Å². The van der Waals surface area contributed by atoms with Crippen LogP contribution in [0.5, 0.6) is 0 Å². The lowest BCUT2D eigenvalue weighted by Gasteiger charge is -2.05. The molecule has 1 aromatic heterocycles. The topological polar surface area (TPSA) is 84.0 Å². The fraction of sp³-hybridized carbons (Fsp3) is 0.375. The van der Waals surface area contributed by atoms with E-state index in [2.05, 4.69) is 50.6 Å². The van der Waals surface area contributed by atoms with E-state index in [0.717, 1.165) is 15.9 Å². The molecule has 0 unspecified atom stereocenters. The Morgan fingerprint density at radius 3 is 2.58 bits per heavy atom. The molecule has 8 heteroatoms. The molecule has 1 heterocycles. The summed E-state index contributed by atoms with van der Waals surface area (Å²) in [5.74, 6) is 0.0964. The second-order valence-corrected chi connectivity index (χ2v) is 7.64. The molecule has 1 aromatic carbocycles. The van der Waals surface area contributed by atoms with E-state index in [4.69, 9.17) is 0 Å². The van der Waals surface area contributed by atoms with Crippen LogP contribution in [-0.2, 0) is 11.2 Å². The lowest BCUT2D eigenvalue weighted by atomic mass is 10.1. The third-order valence-electron chi connectivity index (χ3n) is 3.04. The summed E-state index contributed by atoms with van der Waals surface area (Å²) in [4.78, 5) is 23.8. The third kappa shape index (κ3) is 6.01. The number of carbonyl (C=O) groups is 2. The summed E-state index contributed by atoms with van der Waals surface area (Å²) in [7, 11) is 0. The molecular formula is C16H19BrN4O2S. The van der Waals surface area contributed by atoms with Crippen LogP contribution in [-0.4, -0.2) is 28.6 Å². The van der Waals surface area contributed by atoms with E-state index in [1.807, 2.05) is 0 Å². The van der Waals surface area contributed by atoms with E-state index in [1.54, 1.807) is 24.3 Å². The molecule has 0 fully saturated rings. The standard InChI is InChI=1S/C16H19BrN4O2S/c1-10(2)9-14-20-21-16(24-14)19-13(22)7-8-18-15(23)11-3-5-12(17)6-4-11/h3-6,10H,7-9H2,1-2H3,(H,18,23)(H,19,21,22). The third-order valence-corrected chi connectivity index (χ3v) is 4.43. The first kappa shape index (κ1) is 18.5. The van der Waals surface area contributed by atoms with E-state index in [1.165, 1.54) is 11.3 Å². The zero-order chi connectivity index (χ0) is 17.5. The van der Waals surface area contributed by atoms with Crippen molar-refractivity contribution in [2.24, 2.45) is 5.92 Å². The van der Waals surface area contributed by atoms with Crippen molar-refractivity contribution in [3.8, 4) is 0 Å². The minimum atomic E-state index is -0.203. The number of aromatic nitrogens is 2. The first-order chi connectivity index (χ1) is 11.4. The van der Waals surface area contributed by atoms with E-state index >= 15 is 0 Å². The molecule has 0 aliphatic carbocycles. The minimum Gasteiger partial charge on any atom is -0.352 e. The molecule has 128 valence electrons. The summed E-state index contributed by atoms with van der Waals surface area (Å²) < 4.78 is 0.910. The van der Waals surface area contributed by atoms with Crippen LogP contribution in [0, 0.1) is 5.92 Å². The van der Waals surface area contributed by atoms with Crippen molar-refractivity contribution in [2.75, 3.05) is 11.9 Å². The number of anilines is 1. The second-order valence-electron chi connectivity index (χ2n) is 5.66. The highest BCUT2D eigenvalue weighted by molar-refractivity contribution is 9.10. The van der Waals surface area contributed by atoms with Gasteiger partial charge in [0, 0.05) is 29.4 Å². The lowest BCUT2D eigenvalue weighted by Crippen LogP contribution is -2.27. The van der Waals surface area contributed by atoms with Gasteiger partial charge in [0.1, 0.15) is 5.01 Å². The van der Waals surface area contributed by atoms with Crippen LogP contribution < -0.4 is 10.6 Å². The number of halogens is 1. The van der Waals surface area contributed by atoms with Crippen LogP contribution in [0.15, 0.2) is 28.7 Å². The van der Waals surface area contributed by atoms with Crippen molar-refractivity contribution >= 4 is 44.2 Å². The average Bonchev–Trinajstić information content (AvgIpc) is 2.93. The van der Waals surface area contributed by atoms with E-state index in [0.29, 0.717) is 16.6 Å². The van der Waals surface area contributed by atoms with Gasteiger partial charge in [-0.1, -0.05) is 41.1 Å². The Morgan fingerprint density at radius 1 is 1.21 bits per heavy atom. The molecule has 2 amide bonds. The first-order valence-electron chi connectivity index (χ1n) is 7.60. The normalized spacial score (nSPS) is 10.7. The fourth-order valence-electron chi connectivity index (χ4n) is 1.91. The summed E-state index contributed by atoms with van der Waals surface area (Å²) in [6, 6.07) is 7.03. The molecule has 6 nitrogen and oxygen atoms in total. The van der Waals surface area contributed by atoms with Crippen LogP contribution in [0.25, 0.3) is 0 Å². The number of benzene rings is 1. The van der Waals surface area contributed by atoms with Crippen molar-refractivity contribution in [3.63, 3.8) is 0 Å². The van der Waals surface area contributed by atoms with Crippen LogP contribution in [0.3, 0.4) is 0 Å². The first-order valence-corrected chi connectivity index (χ1v) is 9.21. The van der Waals surface area contributed by atoms with Crippen LogP contribution >= 0.6 is 27.3 Å². The maximum absolute atomic E-state index is 11.9. The zero-order valence-electron chi connectivity index (χ0n) is 13.5. The molecule has 0 saturated carbocycles. The van der Waals surface area contributed by atoms with Crippen LogP contribution in [0.2, 0.25) is 0 Å². The lowest BCUT2D eigenvalue weighted by molar-refractivity contribution is -0.116. The molecule has 0 atom stereocenters. The minimum absolute atomic E-state index is 0.182. The number of hydrogen-bond donors (Lipinski definition) is 2. The van der Waals surface area contributed by atoms with Gasteiger partial charge in [-0.2, -0.15) is 0 Å². The van der Waals surface area contributed by atoms with Crippen LogP contribution in [0.1, 0.15) is 35.6 Å². The molecule has 0 aliphatic heterocycles. The van der Waals surface area contributed by atoms with Gasteiger partial charge in [0.2, 0.25) is 11.0 Å². The average molecular weight is 411 g/mol. The Bertz CT molecular complexity index is 700. The van der Waals surface area contributed by atoms with Gasteiger partial charge in [0.05, 0.1) is 0 Å². The van der Waals surface area contributed by atoms with Crippen molar-refractivity contribution < 1.29 is 9.59 Å². The van der Waals surface area contributed by atoms with Crippen molar-refractivity contribution in [3.05, 3.63) is 39.3 Å². The SMILES string of the molecule is CC(C)Cc1nnc(NC(=O)CCNC(=O)c2ccc(Br)cc2)s1. The predicted molar refractivity (Wildman–Crippen MR) is 98.2 cm³/mol. The zero-order valence-corrected chi connectivity index (χ0v) is 15.9. The molecule has 2 rings (SSSR count). The van der Waals surface area contributed by atoms with Gasteiger partial charge in [-0.15, -0.1) is 10.2 Å². The van der Waals surface area contributed by atoms with Gasteiger partial charge in [0.25, 0.3) is 5.91 Å². The number of hydrogen-bond acceptors (Lipinski definition) is 5. The highest BCUT2D eigenvalue weighted by Gasteiger charge is 2.10. The maximum Gasteiger partial charge on any atom is 0.251 e. The number of nitrogens with one attached hydrogen (secondary N) is 2. The van der Waals surface area contributed by atoms with Crippen LogP contribution in [0.4, 0.5) is 5.13 Å². The van der Waals surface area contributed by atoms with Crippen molar-refractivity contribution in [1.82, 2.24) is 15.5 Å². The van der Waals surface area contributed by atoms with E-state index < -0.39 is 0 Å². The maximum atomic E-state index is 11.9. The van der Waals surface area contributed by atoms with E-state index in [-0.39, 0.29) is 24.8 Å². The molecule has 0 saturated heterocycles. The molecule has 0 radical (unpaired) electrons. The Labute approximate surface area is 153 Å². The molecular weight excluding hydrogens is 392 g/mol. The Morgan fingerprint density at radius 2 is 1.92 bits per heavy atom. The number of nitrogens with zero attached hydrogens (tertiary/aromatic N) is 2. The largest absolute Gasteiger partial charge is 0.352 e. The Hall–Kier alpha value is -1.80. The summed E-state index contributed by atoms with van der Waals surface area (Å²) in [6.07, 6.45) is 1.03. The molecule has 2 N–H and O–H groups in total. The molecule has 2 aromatic rings. The van der Waals surface area contributed by atoms with Gasteiger partial charge in [-0.3, -0.25) is 9.59 Å². The summed E-state index contributed by atoms with van der Waals surface area (Å²) in [6.45, 7) is 4.47. The monoisotopic (exact) mass is 410 g/mol. The summed E-state index contributed by atoms with van der Waals surface area (Å²) in [5.41, 5.74) is 0.557. The number of carbonyl (C=O) groups excluding carboxylic acids is 2. The molecule has 0 aliphatic rings. The van der Waals surface area contributed by atoms with Gasteiger partial charge >= 0.3 is 0 Å². The Balaban J connectivity index is 1.74. The number of rotatable bonds is 7. The molecule has 0 bridgehead atoms. The smallest absolute Gasteiger partial charge is 0.251 e. The summed E-state index contributed by atoms with van der Waals surface area (Å²) >= 11 is 4.70. The number of amides is 2. The molecule has 24 heavy (non-hydrogen) atoms. The highest BCUT2D eigenvalue weighted by atomic mass is 79.9. The quantitative estimate of drug-likeness (QED) is 0.733. The van der Waals surface area contributed by atoms with Gasteiger partial charge in [0.15, 0.2) is 0 Å². The van der Waals surface area contributed by atoms with Crippen molar-refractivity contribution in [2.45, 2.75) is 26.7 Å². The summed E-state index contributed by atoms with van der Waals surface area (Å²) in [5, 5.41) is 14.8. The molecule has 0 spiro atoms. The van der Waals surface area contributed by atoms with Gasteiger partial charge < -0.3 is 10.6 Å².